The molecule has 4 rings (SSSR count). The van der Waals surface area contributed by atoms with Crippen LogP contribution in [0, 0.1) is 19.8 Å². The number of carbonyl (C=O) groups excluding carboxylic acids is 1. The number of ether oxygens (including phenoxy) is 2. The van der Waals surface area contributed by atoms with Crippen molar-refractivity contribution >= 4 is 16.9 Å². The molecule has 3 aromatic rings. The summed E-state index contributed by atoms with van der Waals surface area (Å²) < 4.78 is 12.4. The zero-order valence-electron chi connectivity index (χ0n) is 21.6. The molecule has 1 aliphatic heterocycles. The first-order chi connectivity index (χ1) is 16.9. The Morgan fingerprint density at radius 1 is 1.11 bits per heavy atom. The van der Waals surface area contributed by atoms with Crippen molar-refractivity contribution in [3.8, 4) is 11.6 Å². The third-order valence-electron chi connectivity index (χ3n) is 7.18. The van der Waals surface area contributed by atoms with Crippen LogP contribution in [0.25, 0.3) is 11.0 Å². The van der Waals surface area contributed by atoms with Crippen molar-refractivity contribution < 1.29 is 14.3 Å². The van der Waals surface area contributed by atoms with Crippen LogP contribution >= 0.6 is 0 Å². The Morgan fingerprint density at radius 2 is 1.83 bits per heavy atom. The highest BCUT2D eigenvalue weighted by Crippen LogP contribution is 2.30. The monoisotopic (exact) mass is 479 g/mol. The number of benzene rings is 1. The first kappa shape index (κ1) is 25.0. The summed E-state index contributed by atoms with van der Waals surface area (Å²) in [6.45, 7) is 7.89. The van der Waals surface area contributed by atoms with E-state index in [1.165, 1.54) is 5.56 Å². The molecular formula is C27H37N5O3. The predicted molar refractivity (Wildman–Crippen MR) is 137 cm³/mol. The van der Waals surface area contributed by atoms with Crippen LogP contribution < -0.4 is 14.8 Å². The Kier molecular flexibility index (Phi) is 7.90. The molecule has 8 nitrogen and oxygen atoms in total. The number of methoxy groups -OCH3 is 2. The van der Waals surface area contributed by atoms with Crippen molar-refractivity contribution in [1.29, 1.82) is 0 Å². The van der Waals surface area contributed by atoms with Crippen molar-refractivity contribution in [3.63, 3.8) is 0 Å². The van der Waals surface area contributed by atoms with Gasteiger partial charge in [-0.2, -0.15) is 0 Å². The Bertz CT molecular complexity index is 1160. The van der Waals surface area contributed by atoms with E-state index < -0.39 is 0 Å². The van der Waals surface area contributed by atoms with E-state index in [2.05, 4.69) is 34.4 Å². The lowest BCUT2D eigenvalue weighted by Crippen LogP contribution is -2.38. The zero-order chi connectivity index (χ0) is 24.9. The molecule has 0 unspecified atom stereocenters. The van der Waals surface area contributed by atoms with E-state index in [1.807, 2.05) is 26.1 Å². The van der Waals surface area contributed by atoms with E-state index in [0.717, 1.165) is 72.6 Å². The maximum Gasteiger partial charge on any atom is 0.242 e. The van der Waals surface area contributed by atoms with Crippen LogP contribution in [-0.2, 0) is 24.8 Å². The number of nitrogens with zero attached hydrogens (tertiary/aromatic N) is 4. The molecule has 3 heterocycles. The number of hydrogen-bond donors (Lipinski definition) is 1. The number of nitrogens with one attached hydrogen (secondary N) is 1. The van der Waals surface area contributed by atoms with Gasteiger partial charge in [0.2, 0.25) is 11.8 Å². The van der Waals surface area contributed by atoms with Crippen molar-refractivity contribution in [2.45, 2.75) is 46.1 Å². The first-order valence-corrected chi connectivity index (χ1v) is 12.4. The number of hydrogen-bond acceptors (Lipinski definition) is 6. The molecule has 2 aromatic heterocycles. The lowest BCUT2D eigenvalue weighted by Gasteiger charge is -2.32. The minimum Gasteiger partial charge on any atom is -0.497 e. The largest absolute Gasteiger partial charge is 0.497 e. The smallest absolute Gasteiger partial charge is 0.242 e. The second-order valence-electron chi connectivity index (χ2n) is 9.50. The zero-order valence-corrected chi connectivity index (χ0v) is 21.6. The standard InChI is InChI=1S/C27H37N5O3/c1-18-23(19(2)29-26-25(18)27(35-5)30-31(26)3)10-11-24(33)28-16-20-12-14-32(15-13-20)17-21-6-8-22(34-4)9-7-21/h6-9,20H,10-17H2,1-5H3,(H,28,33). The number of fused-ring (bicyclic) bond motifs is 1. The quantitative estimate of drug-likeness (QED) is 0.505. The van der Waals surface area contributed by atoms with Crippen molar-refractivity contribution in [3.05, 3.63) is 46.6 Å². The first-order valence-electron chi connectivity index (χ1n) is 12.4. The van der Waals surface area contributed by atoms with Gasteiger partial charge in [-0.1, -0.05) is 12.1 Å². The Balaban J connectivity index is 1.24. The third kappa shape index (κ3) is 5.75. The molecule has 1 saturated heterocycles. The van der Waals surface area contributed by atoms with Gasteiger partial charge in [0.15, 0.2) is 5.65 Å². The van der Waals surface area contributed by atoms with Crippen LogP contribution in [0.3, 0.4) is 0 Å². The van der Waals surface area contributed by atoms with Crippen LogP contribution in [0.4, 0.5) is 0 Å². The topological polar surface area (TPSA) is 81.5 Å². The number of pyridine rings is 1. The lowest BCUT2D eigenvalue weighted by atomic mass is 9.96. The van der Waals surface area contributed by atoms with E-state index >= 15 is 0 Å². The van der Waals surface area contributed by atoms with Gasteiger partial charge in [-0.05, 0) is 80.9 Å². The molecule has 35 heavy (non-hydrogen) atoms. The summed E-state index contributed by atoms with van der Waals surface area (Å²) in [6.07, 6.45) is 3.32. The van der Waals surface area contributed by atoms with E-state index in [9.17, 15) is 4.79 Å². The number of piperidine rings is 1. The Hall–Kier alpha value is -3.13. The molecule has 1 fully saturated rings. The number of rotatable bonds is 9. The summed E-state index contributed by atoms with van der Waals surface area (Å²) in [4.78, 5) is 19.9. The van der Waals surface area contributed by atoms with E-state index in [1.54, 1.807) is 18.9 Å². The SMILES string of the molecule is COc1ccc(CN2CCC(CNC(=O)CCc3c(C)nc4c(c(OC)nn4C)c3C)CC2)cc1. The molecule has 0 aliphatic carbocycles. The highest BCUT2D eigenvalue weighted by Gasteiger charge is 2.21. The van der Waals surface area contributed by atoms with Gasteiger partial charge in [0.05, 0.1) is 19.6 Å². The third-order valence-corrected chi connectivity index (χ3v) is 7.18. The van der Waals surface area contributed by atoms with Crippen LogP contribution in [0.1, 0.15) is 41.6 Å². The molecule has 1 aliphatic rings. The molecule has 0 radical (unpaired) electrons. The molecular weight excluding hydrogens is 442 g/mol. The highest BCUT2D eigenvalue weighted by molar-refractivity contribution is 5.86. The fourth-order valence-electron chi connectivity index (χ4n) is 5.03. The normalized spacial score (nSPS) is 14.9. The number of aromatic nitrogens is 3. The van der Waals surface area contributed by atoms with Gasteiger partial charge < -0.3 is 14.8 Å². The second-order valence-corrected chi connectivity index (χ2v) is 9.50. The minimum atomic E-state index is 0.0997. The molecule has 0 spiro atoms. The summed E-state index contributed by atoms with van der Waals surface area (Å²) in [5.74, 6) is 2.11. The van der Waals surface area contributed by atoms with Crippen LogP contribution in [0.15, 0.2) is 24.3 Å². The van der Waals surface area contributed by atoms with Gasteiger partial charge in [0, 0.05) is 32.3 Å². The average molecular weight is 480 g/mol. The van der Waals surface area contributed by atoms with Gasteiger partial charge in [-0.15, -0.1) is 5.10 Å². The summed E-state index contributed by atoms with van der Waals surface area (Å²) in [5.41, 5.74) is 5.25. The summed E-state index contributed by atoms with van der Waals surface area (Å²) in [7, 11) is 5.18. The molecule has 8 heteroatoms. The molecule has 188 valence electrons. The lowest BCUT2D eigenvalue weighted by molar-refractivity contribution is -0.121. The Morgan fingerprint density at radius 3 is 2.49 bits per heavy atom. The summed E-state index contributed by atoms with van der Waals surface area (Å²) in [6, 6.07) is 8.29. The van der Waals surface area contributed by atoms with E-state index in [4.69, 9.17) is 14.5 Å². The molecule has 0 saturated carbocycles. The number of likely N-dealkylation sites (tertiary alicyclic amines) is 1. The average Bonchev–Trinajstić information content (AvgIpc) is 3.19. The summed E-state index contributed by atoms with van der Waals surface area (Å²) >= 11 is 0. The molecule has 1 aromatic carbocycles. The van der Waals surface area contributed by atoms with Gasteiger partial charge >= 0.3 is 0 Å². The fourth-order valence-corrected chi connectivity index (χ4v) is 5.03. The highest BCUT2D eigenvalue weighted by atomic mass is 16.5. The Labute approximate surface area is 207 Å². The van der Waals surface area contributed by atoms with Crippen LogP contribution in [0.5, 0.6) is 11.6 Å². The second kappa shape index (κ2) is 11.1. The maximum atomic E-state index is 12.6. The molecule has 1 amide bonds. The van der Waals surface area contributed by atoms with Crippen LogP contribution in [-0.4, -0.2) is 59.4 Å². The van der Waals surface area contributed by atoms with E-state index in [-0.39, 0.29) is 5.91 Å². The molecule has 1 N–H and O–H groups in total. The fraction of sp³-hybridized carbons (Fsp3) is 0.519. The van der Waals surface area contributed by atoms with Gasteiger partial charge in [-0.25, -0.2) is 9.67 Å². The molecule has 0 bridgehead atoms. The number of amides is 1. The predicted octanol–water partition coefficient (Wildman–Crippen LogP) is 3.56. The van der Waals surface area contributed by atoms with Gasteiger partial charge in [0.25, 0.3) is 0 Å². The van der Waals surface area contributed by atoms with E-state index in [0.29, 0.717) is 24.6 Å². The van der Waals surface area contributed by atoms with Crippen molar-refractivity contribution in [1.82, 2.24) is 25.0 Å². The minimum absolute atomic E-state index is 0.0997. The number of carbonyl (C=O) groups is 1. The van der Waals surface area contributed by atoms with Gasteiger partial charge in [0.1, 0.15) is 5.75 Å². The summed E-state index contributed by atoms with van der Waals surface area (Å²) in [5, 5.41) is 8.51. The maximum absolute atomic E-state index is 12.6. The van der Waals surface area contributed by atoms with Gasteiger partial charge in [-0.3, -0.25) is 9.69 Å². The number of aryl methyl sites for hydroxylation is 3. The van der Waals surface area contributed by atoms with Crippen LogP contribution in [0.2, 0.25) is 0 Å². The van der Waals surface area contributed by atoms with Crippen molar-refractivity contribution in [2.75, 3.05) is 33.9 Å². The molecule has 0 atom stereocenters. The van der Waals surface area contributed by atoms with Crippen molar-refractivity contribution in [2.24, 2.45) is 13.0 Å².